The SMILES string of the molecule is CCCCN(C)CCOc1ccc(C)cc1. The van der Waals surface area contributed by atoms with E-state index in [1.54, 1.807) is 0 Å². The maximum atomic E-state index is 5.67. The lowest BCUT2D eigenvalue weighted by atomic mass is 10.2. The second-order valence-electron chi connectivity index (χ2n) is 4.32. The van der Waals surface area contributed by atoms with E-state index >= 15 is 0 Å². The third-order valence-electron chi connectivity index (χ3n) is 2.66. The van der Waals surface area contributed by atoms with Gasteiger partial charge in [-0.2, -0.15) is 0 Å². The fourth-order valence-corrected chi connectivity index (χ4v) is 1.49. The number of likely N-dealkylation sites (N-methyl/N-ethyl adjacent to an activating group) is 1. The van der Waals surface area contributed by atoms with Crippen LogP contribution in [-0.4, -0.2) is 31.6 Å². The van der Waals surface area contributed by atoms with Crippen molar-refractivity contribution >= 4 is 0 Å². The first kappa shape index (κ1) is 13.0. The first-order valence-electron chi connectivity index (χ1n) is 6.10. The molecule has 0 saturated carbocycles. The van der Waals surface area contributed by atoms with Gasteiger partial charge in [0.05, 0.1) is 0 Å². The number of ether oxygens (including phenoxy) is 1. The molecule has 0 aliphatic rings. The Balaban J connectivity index is 2.17. The summed E-state index contributed by atoms with van der Waals surface area (Å²) in [5.74, 6) is 0.967. The molecular weight excluding hydrogens is 198 g/mol. The van der Waals surface area contributed by atoms with Crippen molar-refractivity contribution in [2.24, 2.45) is 0 Å². The molecule has 0 aromatic heterocycles. The molecule has 0 saturated heterocycles. The predicted octanol–water partition coefficient (Wildman–Crippen LogP) is 3.11. The molecule has 1 aromatic carbocycles. The van der Waals surface area contributed by atoms with Crippen molar-refractivity contribution in [3.63, 3.8) is 0 Å². The smallest absolute Gasteiger partial charge is 0.119 e. The van der Waals surface area contributed by atoms with Gasteiger partial charge in [-0.3, -0.25) is 0 Å². The lowest BCUT2D eigenvalue weighted by Crippen LogP contribution is -2.25. The molecule has 0 spiro atoms. The van der Waals surface area contributed by atoms with Gasteiger partial charge in [-0.05, 0) is 39.1 Å². The number of nitrogens with zero attached hydrogens (tertiary/aromatic N) is 1. The number of unbranched alkanes of at least 4 members (excludes halogenated alkanes) is 1. The molecule has 16 heavy (non-hydrogen) atoms. The predicted molar refractivity (Wildman–Crippen MR) is 69.1 cm³/mol. The van der Waals surface area contributed by atoms with Gasteiger partial charge in [-0.25, -0.2) is 0 Å². The maximum absolute atomic E-state index is 5.67. The summed E-state index contributed by atoms with van der Waals surface area (Å²) in [4.78, 5) is 2.32. The average molecular weight is 221 g/mol. The van der Waals surface area contributed by atoms with Gasteiger partial charge < -0.3 is 9.64 Å². The number of aryl methyl sites for hydroxylation is 1. The highest BCUT2D eigenvalue weighted by Crippen LogP contribution is 2.11. The minimum Gasteiger partial charge on any atom is -0.492 e. The maximum Gasteiger partial charge on any atom is 0.119 e. The molecule has 2 nitrogen and oxygen atoms in total. The highest BCUT2D eigenvalue weighted by Gasteiger charge is 1.98. The molecule has 2 heteroatoms. The van der Waals surface area contributed by atoms with Crippen LogP contribution in [0.2, 0.25) is 0 Å². The molecule has 0 radical (unpaired) electrons. The Morgan fingerprint density at radius 1 is 1.12 bits per heavy atom. The van der Waals surface area contributed by atoms with E-state index in [9.17, 15) is 0 Å². The fraction of sp³-hybridized carbons (Fsp3) is 0.571. The highest BCUT2D eigenvalue weighted by atomic mass is 16.5. The van der Waals surface area contributed by atoms with Gasteiger partial charge in [0.25, 0.3) is 0 Å². The molecule has 0 fully saturated rings. The van der Waals surface area contributed by atoms with Crippen LogP contribution in [-0.2, 0) is 0 Å². The number of rotatable bonds is 7. The summed E-state index contributed by atoms with van der Waals surface area (Å²) in [7, 11) is 2.15. The van der Waals surface area contributed by atoms with E-state index in [4.69, 9.17) is 4.74 Å². The standard InChI is InChI=1S/C14H23NO/c1-4-5-10-15(3)11-12-16-14-8-6-13(2)7-9-14/h6-9H,4-5,10-12H2,1-3H3. The van der Waals surface area contributed by atoms with Crippen molar-refractivity contribution in [3.05, 3.63) is 29.8 Å². The summed E-state index contributed by atoms with van der Waals surface area (Å²) in [6.07, 6.45) is 2.52. The first-order valence-corrected chi connectivity index (χ1v) is 6.10. The van der Waals surface area contributed by atoms with Crippen molar-refractivity contribution in [1.82, 2.24) is 4.90 Å². The molecule has 1 aromatic rings. The summed E-state index contributed by atoms with van der Waals surface area (Å²) >= 11 is 0. The van der Waals surface area contributed by atoms with Crippen LogP contribution in [0.15, 0.2) is 24.3 Å². The Hall–Kier alpha value is -1.02. The largest absolute Gasteiger partial charge is 0.492 e. The fourth-order valence-electron chi connectivity index (χ4n) is 1.49. The van der Waals surface area contributed by atoms with Crippen LogP contribution in [0.4, 0.5) is 0 Å². The van der Waals surface area contributed by atoms with Gasteiger partial charge in [0.15, 0.2) is 0 Å². The minimum atomic E-state index is 0.767. The Kier molecular flexibility index (Phi) is 5.94. The van der Waals surface area contributed by atoms with E-state index in [0.29, 0.717) is 0 Å². The molecule has 0 atom stereocenters. The first-order chi connectivity index (χ1) is 7.72. The zero-order valence-corrected chi connectivity index (χ0v) is 10.7. The van der Waals surface area contributed by atoms with Gasteiger partial charge in [0.1, 0.15) is 12.4 Å². The Bertz CT molecular complexity index is 281. The van der Waals surface area contributed by atoms with Crippen molar-refractivity contribution in [2.75, 3.05) is 26.7 Å². The van der Waals surface area contributed by atoms with Crippen LogP contribution in [0.5, 0.6) is 5.75 Å². The van der Waals surface area contributed by atoms with Gasteiger partial charge in [-0.1, -0.05) is 31.0 Å². The van der Waals surface area contributed by atoms with Gasteiger partial charge in [0.2, 0.25) is 0 Å². The van der Waals surface area contributed by atoms with Crippen LogP contribution < -0.4 is 4.74 Å². The Morgan fingerprint density at radius 3 is 2.44 bits per heavy atom. The second-order valence-corrected chi connectivity index (χ2v) is 4.32. The summed E-state index contributed by atoms with van der Waals surface area (Å²) in [5, 5.41) is 0. The lowest BCUT2D eigenvalue weighted by molar-refractivity contribution is 0.235. The number of benzene rings is 1. The van der Waals surface area contributed by atoms with Gasteiger partial charge in [-0.15, -0.1) is 0 Å². The molecule has 0 unspecified atom stereocenters. The van der Waals surface area contributed by atoms with Crippen molar-refractivity contribution in [3.8, 4) is 5.75 Å². The van der Waals surface area contributed by atoms with Crippen LogP contribution in [0.3, 0.4) is 0 Å². The molecule has 1 rings (SSSR count). The molecule has 0 aliphatic heterocycles. The second kappa shape index (κ2) is 7.29. The average Bonchev–Trinajstić information content (AvgIpc) is 2.29. The number of hydrogen-bond acceptors (Lipinski definition) is 2. The monoisotopic (exact) mass is 221 g/mol. The van der Waals surface area contributed by atoms with E-state index in [0.717, 1.165) is 25.4 Å². The summed E-state index contributed by atoms with van der Waals surface area (Å²) in [5.41, 5.74) is 1.27. The van der Waals surface area contributed by atoms with Crippen LogP contribution in [0, 0.1) is 6.92 Å². The van der Waals surface area contributed by atoms with Crippen LogP contribution >= 0.6 is 0 Å². The Labute approximate surface area is 99.2 Å². The van der Waals surface area contributed by atoms with Crippen molar-refractivity contribution < 1.29 is 4.74 Å². The summed E-state index contributed by atoms with van der Waals surface area (Å²) in [6, 6.07) is 8.22. The Morgan fingerprint density at radius 2 is 1.81 bits per heavy atom. The molecule has 0 amide bonds. The third kappa shape index (κ3) is 5.17. The quantitative estimate of drug-likeness (QED) is 0.701. The van der Waals surface area contributed by atoms with E-state index < -0.39 is 0 Å². The van der Waals surface area contributed by atoms with E-state index in [2.05, 4.69) is 37.9 Å². The summed E-state index contributed by atoms with van der Waals surface area (Å²) in [6.45, 7) is 7.23. The van der Waals surface area contributed by atoms with Gasteiger partial charge >= 0.3 is 0 Å². The molecule has 0 aliphatic carbocycles. The van der Waals surface area contributed by atoms with Crippen LogP contribution in [0.25, 0.3) is 0 Å². The van der Waals surface area contributed by atoms with E-state index in [1.165, 1.54) is 18.4 Å². The highest BCUT2D eigenvalue weighted by molar-refractivity contribution is 5.26. The summed E-state index contributed by atoms with van der Waals surface area (Å²) < 4.78 is 5.67. The topological polar surface area (TPSA) is 12.5 Å². The third-order valence-corrected chi connectivity index (χ3v) is 2.66. The van der Waals surface area contributed by atoms with E-state index in [-0.39, 0.29) is 0 Å². The van der Waals surface area contributed by atoms with Crippen molar-refractivity contribution in [1.29, 1.82) is 0 Å². The number of hydrogen-bond donors (Lipinski definition) is 0. The normalized spacial score (nSPS) is 10.8. The zero-order chi connectivity index (χ0) is 11.8. The molecule has 0 heterocycles. The van der Waals surface area contributed by atoms with E-state index in [1.807, 2.05) is 12.1 Å². The van der Waals surface area contributed by atoms with Crippen molar-refractivity contribution in [2.45, 2.75) is 26.7 Å². The zero-order valence-electron chi connectivity index (χ0n) is 10.7. The minimum absolute atomic E-state index is 0.767. The molecule has 90 valence electrons. The van der Waals surface area contributed by atoms with Crippen LogP contribution in [0.1, 0.15) is 25.3 Å². The molecule has 0 bridgehead atoms. The molecular formula is C14H23NO. The molecule has 0 N–H and O–H groups in total. The van der Waals surface area contributed by atoms with Gasteiger partial charge in [0, 0.05) is 6.54 Å². The lowest BCUT2D eigenvalue weighted by Gasteiger charge is -2.16.